The van der Waals surface area contributed by atoms with Crippen LogP contribution in [0.4, 0.5) is 0 Å². The summed E-state index contributed by atoms with van der Waals surface area (Å²) in [5.41, 5.74) is 0. The Morgan fingerprint density at radius 3 is 2.53 bits per heavy atom. The van der Waals surface area contributed by atoms with Gasteiger partial charge in [0.25, 0.3) is 10.2 Å². The number of nitrogens with zero attached hydrogens (tertiary/aromatic N) is 1. The topological polar surface area (TPSA) is 88.1 Å². The molecule has 0 spiro atoms. The van der Waals surface area contributed by atoms with E-state index in [0.717, 1.165) is 0 Å². The van der Waals surface area contributed by atoms with Crippen LogP contribution in [0.2, 0.25) is 0 Å². The maximum atomic E-state index is 12.0. The highest BCUT2D eigenvalue weighted by molar-refractivity contribution is 7.87. The maximum absolute atomic E-state index is 12.0. The highest BCUT2D eigenvalue weighted by Gasteiger charge is 2.31. The maximum Gasteiger partial charge on any atom is 0.279 e. The second kappa shape index (κ2) is 5.59. The number of aliphatic hydroxyl groups is 1. The van der Waals surface area contributed by atoms with E-state index in [-0.39, 0.29) is 6.61 Å². The summed E-state index contributed by atoms with van der Waals surface area (Å²) in [5.74, 6) is 0. The van der Waals surface area contributed by atoms with E-state index in [1.807, 2.05) is 0 Å². The Hall–Kier alpha value is -0.250. The van der Waals surface area contributed by atoms with Crippen LogP contribution in [0.15, 0.2) is 0 Å². The van der Waals surface area contributed by atoms with Crippen molar-refractivity contribution in [2.45, 2.75) is 18.6 Å². The van der Waals surface area contributed by atoms with E-state index >= 15 is 0 Å². The van der Waals surface area contributed by atoms with E-state index in [2.05, 4.69) is 4.72 Å². The van der Waals surface area contributed by atoms with E-state index in [1.165, 1.54) is 4.31 Å². The number of hydrogen-bond donors (Lipinski definition) is 2. The van der Waals surface area contributed by atoms with Crippen LogP contribution in [0.1, 0.15) is 6.42 Å². The van der Waals surface area contributed by atoms with E-state index in [4.69, 9.17) is 9.47 Å². The van der Waals surface area contributed by atoms with Gasteiger partial charge in [0.1, 0.15) is 0 Å². The lowest BCUT2D eigenvalue weighted by Gasteiger charge is -2.32. The van der Waals surface area contributed by atoms with Crippen molar-refractivity contribution in [2.24, 2.45) is 0 Å². The van der Waals surface area contributed by atoms with Crippen molar-refractivity contribution in [2.75, 3.05) is 39.5 Å². The number of hydrogen-bond acceptors (Lipinski definition) is 5. The van der Waals surface area contributed by atoms with Crippen molar-refractivity contribution < 1.29 is 23.0 Å². The normalized spacial score (nSPS) is 32.5. The van der Waals surface area contributed by atoms with Crippen LogP contribution in [0.25, 0.3) is 0 Å². The summed E-state index contributed by atoms with van der Waals surface area (Å²) < 4.78 is 38.0. The van der Waals surface area contributed by atoms with Gasteiger partial charge < -0.3 is 14.6 Å². The Kier molecular flexibility index (Phi) is 4.34. The summed E-state index contributed by atoms with van der Waals surface area (Å²) in [6, 6.07) is -0.461. The van der Waals surface area contributed by atoms with Gasteiger partial charge in [-0.15, -0.1) is 0 Å². The quantitative estimate of drug-likeness (QED) is 0.636. The van der Waals surface area contributed by atoms with Crippen molar-refractivity contribution >= 4 is 10.2 Å². The monoisotopic (exact) mass is 266 g/mol. The highest BCUT2D eigenvalue weighted by Crippen LogP contribution is 2.11. The van der Waals surface area contributed by atoms with Crippen LogP contribution in [-0.4, -0.2) is 69.5 Å². The predicted octanol–water partition coefficient (Wildman–Crippen LogP) is -1.70. The number of nitrogens with one attached hydrogen (secondary N) is 1. The lowest BCUT2D eigenvalue weighted by Crippen LogP contribution is -2.54. The second-order valence-corrected chi connectivity index (χ2v) is 5.87. The molecule has 100 valence electrons. The van der Waals surface area contributed by atoms with Crippen LogP contribution in [0.3, 0.4) is 0 Å². The largest absolute Gasteiger partial charge is 0.389 e. The van der Waals surface area contributed by atoms with Gasteiger partial charge in [-0.2, -0.15) is 17.4 Å². The first-order valence-corrected chi connectivity index (χ1v) is 7.14. The number of rotatable bonds is 3. The molecule has 2 N–H and O–H groups in total. The lowest BCUT2D eigenvalue weighted by molar-refractivity contribution is -0.0228. The van der Waals surface area contributed by atoms with Gasteiger partial charge in [0.05, 0.1) is 32.0 Å². The fourth-order valence-corrected chi connectivity index (χ4v) is 3.35. The summed E-state index contributed by atoms with van der Waals surface area (Å²) in [6.45, 7) is 2.18. The van der Waals surface area contributed by atoms with E-state index in [9.17, 15) is 13.5 Å². The van der Waals surface area contributed by atoms with Gasteiger partial charge in [0.15, 0.2) is 0 Å². The van der Waals surface area contributed by atoms with Gasteiger partial charge in [-0.3, -0.25) is 0 Å². The molecule has 0 aliphatic carbocycles. The molecule has 0 saturated carbocycles. The first-order chi connectivity index (χ1) is 8.09. The zero-order valence-corrected chi connectivity index (χ0v) is 10.4. The molecule has 0 radical (unpaired) electrons. The molecule has 0 unspecified atom stereocenters. The zero-order chi connectivity index (χ0) is 12.3. The van der Waals surface area contributed by atoms with Crippen molar-refractivity contribution in [1.82, 2.24) is 9.03 Å². The number of aliphatic hydroxyl groups excluding tert-OH is 1. The molecular formula is C9H18N2O5S. The predicted molar refractivity (Wildman–Crippen MR) is 59.7 cm³/mol. The Morgan fingerprint density at radius 2 is 1.88 bits per heavy atom. The molecule has 2 aliphatic rings. The highest BCUT2D eigenvalue weighted by atomic mass is 32.2. The van der Waals surface area contributed by atoms with Gasteiger partial charge in [0.2, 0.25) is 0 Å². The van der Waals surface area contributed by atoms with Crippen LogP contribution >= 0.6 is 0 Å². The Balaban J connectivity index is 1.95. The molecule has 0 amide bonds. The summed E-state index contributed by atoms with van der Waals surface area (Å²) in [7, 11) is -3.53. The van der Waals surface area contributed by atoms with E-state index in [0.29, 0.717) is 39.3 Å². The third kappa shape index (κ3) is 3.36. The zero-order valence-electron chi connectivity index (χ0n) is 9.54. The molecule has 7 nitrogen and oxygen atoms in total. The van der Waals surface area contributed by atoms with Crippen LogP contribution in [-0.2, 0) is 19.7 Å². The molecule has 8 heteroatoms. The van der Waals surface area contributed by atoms with E-state index < -0.39 is 22.4 Å². The smallest absolute Gasteiger partial charge is 0.279 e. The molecule has 2 saturated heterocycles. The molecule has 0 bridgehead atoms. The van der Waals surface area contributed by atoms with Gasteiger partial charge in [-0.25, -0.2) is 0 Å². The van der Waals surface area contributed by atoms with Crippen molar-refractivity contribution in [3.05, 3.63) is 0 Å². The third-order valence-electron chi connectivity index (χ3n) is 2.94. The van der Waals surface area contributed by atoms with Crippen molar-refractivity contribution in [3.63, 3.8) is 0 Å². The average molecular weight is 266 g/mol. The number of ether oxygens (including phenoxy) is 2. The SMILES string of the molecule is O=S(=O)(N[C@@H]1CCOC[C@H]1O)N1CCOCC1. The van der Waals surface area contributed by atoms with Crippen molar-refractivity contribution in [3.8, 4) is 0 Å². The molecule has 0 aromatic heterocycles. The van der Waals surface area contributed by atoms with Crippen LogP contribution < -0.4 is 4.72 Å². The molecular weight excluding hydrogens is 248 g/mol. The second-order valence-electron chi connectivity index (χ2n) is 4.17. The minimum absolute atomic E-state index is 0.177. The van der Waals surface area contributed by atoms with Gasteiger partial charge in [-0.05, 0) is 6.42 Å². The third-order valence-corrected chi connectivity index (χ3v) is 4.58. The number of morpholine rings is 1. The van der Waals surface area contributed by atoms with Gasteiger partial charge >= 0.3 is 0 Å². The van der Waals surface area contributed by atoms with Crippen molar-refractivity contribution in [1.29, 1.82) is 0 Å². The fraction of sp³-hybridized carbons (Fsp3) is 1.00. The Labute approximate surface area is 101 Å². The van der Waals surface area contributed by atoms with E-state index in [1.54, 1.807) is 0 Å². The standard InChI is InChI=1S/C9H18N2O5S/c12-9-7-16-4-1-8(9)10-17(13,14)11-2-5-15-6-3-11/h8-10,12H,1-7H2/t8-,9-/m1/s1. The van der Waals surface area contributed by atoms with Gasteiger partial charge in [-0.1, -0.05) is 0 Å². The molecule has 2 aliphatic heterocycles. The molecule has 2 atom stereocenters. The lowest BCUT2D eigenvalue weighted by atomic mass is 10.1. The Bertz CT molecular complexity index is 341. The first-order valence-electron chi connectivity index (χ1n) is 5.70. The fourth-order valence-electron chi connectivity index (χ4n) is 1.91. The van der Waals surface area contributed by atoms with Crippen LogP contribution in [0, 0.1) is 0 Å². The summed E-state index contributed by atoms with van der Waals surface area (Å²) >= 11 is 0. The molecule has 0 aromatic carbocycles. The van der Waals surface area contributed by atoms with Crippen LogP contribution in [0.5, 0.6) is 0 Å². The minimum atomic E-state index is -3.53. The molecule has 2 fully saturated rings. The molecule has 17 heavy (non-hydrogen) atoms. The summed E-state index contributed by atoms with van der Waals surface area (Å²) in [6.07, 6.45) is -0.287. The molecule has 0 aromatic rings. The Morgan fingerprint density at radius 1 is 1.18 bits per heavy atom. The molecule has 2 rings (SSSR count). The average Bonchev–Trinajstić information content (AvgIpc) is 2.33. The molecule has 2 heterocycles. The minimum Gasteiger partial charge on any atom is -0.389 e. The van der Waals surface area contributed by atoms with Gasteiger partial charge in [0, 0.05) is 19.7 Å². The summed E-state index contributed by atoms with van der Waals surface area (Å²) in [5, 5.41) is 9.64. The summed E-state index contributed by atoms with van der Waals surface area (Å²) in [4.78, 5) is 0. The first kappa shape index (κ1) is 13.2.